The number of hydrogen-bond donors (Lipinski definition) is 0. The summed E-state index contributed by atoms with van der Waals surface area (Å²) in [4.78, 5) is 0. The Labute approximate surface area is 360 Å². The topological polar surface area (TPSA) is 0 Å². The number of benzene rings is 5. The van der Waals surface area contributed by atoms with E-state index in [1.807, 2.05) is 0 Å². The first-order chi connectivity index (χ1) is 25.0. The quantitative estimate of drug-likeness (QED) is 0.157. The molecule has 1 aliphatic carbocycles. The second kappa shape index (κ2) is 19.3. The minimum absolute atomic E-state index is 0. The van der Waals surface area contributed by atoms with Crippen molar-refractivity contribution in [2.75, 3.05) is 0 Å². The summed E-state index contributed by atoms with van der Waals surface area (Å²) in [6, 6.07) is 50.0. The van der Waals surface area contributed by atoms with Crippen molar-refractivity contribution in [2.45, 2.75) is 105 Å². The third-order valence-corrected chi connectivity index (χ3v) is 11.7. The average molecular weight is 845 g/mol. The Morgan fingerprint density at radius 2 is 1.13 bits per heavy atom. The van der Waals surface area contributed by atoms with E-state index in [2.05, 4.69) is 210 Å². The van der Waals surface area contributed by atoms with Crippen molar-refractivity contribution >= 4 is 3.21 Å². The van der Waals surface area contributed by atoms with Crippen LogP contribution >= 0.6 is 0 Å². The molecule has 0 N–H and O–H groups in total. The van der Waals surface area contributed by atoms with Gasteiger partial charge in [-0.1, -0.05) is 164 Å². The van der Waals surface area contributed by atoms with Crippen molar-refractivity contribution in [1.29, 1.82) is 0 Å². The normalized spacial score (nSPS) is 11.7. The van der Waals surface area contributed by atoms with Crippen molar-refractivity contribution < 1.29 is 49.0 Å². The molecule has 7 rings (SSSR count). The summed E-state index contributed by atoms with van der Waals surface area (Å²) in [5.41, 5.74) is 18.0. The average Bonchev–Trinajstić information content (AvgIpc) is 3.74. The monoisotopic (exact) mass is 842 g/mol. The van der Waals surface area contributed by atoms with Gasteiger partial charge in [-0.25, -0.2) is 6.07 Å². The Morgan fingerprint density at radius 1 is 0.618 bits per heavy atom. The minimum Gasteiger partial charge on any atom is -1.00 e. The zero-order valence-electron chi connectivity index (χ0n) is 34.8. The molecular weight excluding hydrogens is 787 g/mol. The fourth-order valence-electron chi connectivity index (χ4n) is 6.97. The van der Waals surface area contributed by atoms with Crippen molar-refractivity contribution in [3.05, 3.63) is 172 Å². The van der Waals surface area contributed by atoms with Crippen molar-refractivity contribution in [1.82, 2.24) is 0 Å². The molecule has 0 spiro atoms. The van der Waals surface area contributed by atoms with Crippen LogP contribution in [0, 0.1) is 13.0 Å². The van der Waals surface area contributed by atoms with Crippen LogP contribution in [0.1, 0.15) is 115 Å². The molecule has 6 aromatic carbocycles. The second-order valence-electron chi connectivity index (χ2n) is 17.5. The van der Waals surface area contributed by atoms with E-state index in [4.69, 9.17) is 0 Å². The van der Waals surface area contributed by atoms with E-state index in [9.17, 15) is 0 Å². The zero-order chi connectivity index (χ0) is 38.6. The molecule has 6 aromatic rings. The maximum atomic E-state index is 3.88. The number of halogens is 2. The summed E-state index contributed by atoms with van der Waals surface area (Å²) in [6.45, 7) is 24.9. The molecule has 3 heteroatoms. The molecule has 1 aliphatic rings. The molecule has 0 heterocycles. The van der Waals surface area contributed by atoms with Gasteiger partial charge in [0.25, 0.3) is 0 Å². The van der Waals surface area contributed by atoms with Crippen LogP contribution in [0.5, 0.6) is 0 Å². The third-order valence-electron chi connectivity index (χ3n) is 10.1. The smallest absolute Gasteiger partial charge is 0.0635 e. The Morgan fingerprint density at radius 3 is 1.58 bits per heavy atom. The largest absolute Gasteiger partial charge is 1.00 e. The van der Waals surface area contributed by atoms with Crippen LogP contribution in [0.25, 0.3) is 33.4 Å². The Bertz CT molecular complexity index is 2030. The fraction of sp³-hybridized carbons (Fsp3) is 0.308. The number of rotatable bonds is 4. The van der Waals surface area contributed by atoms with Crippen LogP contribution in [0.15, 0.2) is 127 Å². The summed E-state index contributed by atoms with van der Waals surface area (Å²) >= 11 is 1.54. The summed E-state index contributed by atoms with van der Waals surface area (Å²) in [7, 11) is 0. The van der Waals surface area contributed by atoms with Gasteiger partial charge in [-0.05, 0) is 39.5 Å². The van der Waals surface area contributed by atoms with Gasteiger partial charge >= 0.3 is 76.7 Å². The number of hydrogen-bond acceptors (Lipinski definition) is 0. The predicted molar refractivity (Wildman–Crippen MR) is 228 cm³/mol. The van der Waals surface area contributed by atoms with Gasteiger partial charge in [0.15, 0.2) is 0 Å². The molecule has 0 aromatic heterocycles. The predicted octanol–water partition coefficient (Wildman–Crippen LogP) is 8.17. The molecular formula is C52H58Cl2Zr-2. The standard InChI is InChI=1S/C33H33.C10H15.C9H10.2ClH.Zr/c1-32(2,3)30-20-26-24(18-28(30)22-13-9-7-10-14-22)17-25-19-29(23-15-11-8-12-16-23)31(21-27(25)26)33(4,5)6;1-8-5-6-9(7-8)10(2,3)4;1-2-6-9-7-4-3-5-8-9;;;/h7-16,18,20-21H,17H2,1-6H3;5-7H,1-4H3;3-5,7-8H,2H2,1H3;2*1H;/q2*-1;;;;+2/p-2. The fourth-order valence-corrected chi connectivity index (χ4v) is 7.38. The van der Waals surface area contributed by atoms with Crippen LogP contribution < -0.4 is 24.8 Å². The first-order valence-electron chi connectivity index (χ1n) is 19.2. The van der Waals surface area contributed by atoms with Gasteiger partial charge < -0.3 is 24.8 Å². The molecule has 55 heavy (non-hydrogen) atoms. The van der Waals surface area contributed by atoms with Gasteiger partial charge in [0, 0.05) is 0 Å². The molecule has 0 radical (unpaired) electrons. The van der Waals surface area contributed by atoms with E-state index in [0.29, 0.717) is 5.41 Å². The molecule has 0 saturated carbocycles. The molecule has 0 nitrogen and oxygen atoms in total. The molecule has 0 aliphatic heterocycles. The summed E-state index contributed by atoms with van der Waals surface area (Å²) in [5, 5.41) is 0. The van der Waals surface area contributed by atoms with Crippen molar-refractivity contribution in [2.24, 2.45) is 0 Å². The third kappa shape index (κ3) is 11.7. The molecule has 0 amide bonds. The van der Waals surface area contributed by atoms with Crippen LogP contribution in [0.4, 0.5) is 0 Å². The number of aryl methyl sites for hydroxylation is 1. The molecule has 286 valence electrons. The summed E-state index contributed by atoms with van der Waals surface area (Å²) in [6.07, 6.45) is 2.13. The first-order valence-corrected chi connectivity index (χ1v) is 20.4. The Balaban J connectivity index is 0.000000303. The van der Waals surface area contributed by atoms with E-state index in [1.54, 1.807) is 3.21 Å². The Hall–Kier alpha value is -3.22. The van der Waals surface area contributed by atoms with Gasteiger partial charge in [-0.3, -0.25) is 0 Å². The summed E-state index contributed by atoms with van der Waals surface area (Å²) in [5.74, 6) is 0. The number of fused-ring (bicyclic) bond motifs is 3. The van der Waals surface area contributed by atoms with E-state index in [-0.39, 0.29) is 35.6 Å². The van der Waals surface area contributed by atoms with E-state index < -0.39 is 0 Å². The van der Waals surface area contributed by atoms with Crippen LogP contribution in [0.2, 0.25) is 0 Å². The van der Waals surface area contributed by atoms with E-state index >= 15 is 0 Å². The summed E-state index contributed by atoms with van der Waals surface area (Å²) < 4.78 is 1.55. The van der Waals surface area contributed by atoms with Gasteiger partial charge in [0.05, 0.1) is 0 Å². The maximum Gasteiger partial charge on any atom is -0.0635 e. The second-order valence-corrected chi connectivity index (χ2v) is 19.0. The van der Waals surface area contributed by atoms with Gasteiger partial charge in [-0.15, -0.1) is 28.8 Å². The molecule has 0 saturated heterocycles. The van der Waals surface area contributed by atoms with Crippen molar-refractivity contribution in [3.8, 4) is 33.4 Å². The zero-order valence-corrected chi connectivity index (χ0v) is 38.8. The SMILES string of the molecule is CC(C)(C)c1cc2c([c-]c1-c1ccccc1)Cc1cc(-c3ccccc3)c(C(C)(C)C)cc1-2.CC[C](=[Zr+2])c1ccccc1.Cc1cc(C(C)(C)C)c[cH-]1.[Cl-].[Cl-]. The van der Waals surface area contributed by atoms with Gasteiger partial charge in [0.1, 0.15) is 0 Å². The Kier molecular flexibility index (Phi) is 16.2. The molecule has 0 unspecified atom stereocenters. The maximum absolute atomic E-state index is 3.88. The van der Waals surface area contributed by atoms with E-state index in [0.717, 1.165) is 6.42 Å². The van der Waals surface area contributed by atoms with Crippen LogP contribution in [-0.4, -0.2) is 3.21 Å². The van der Waals surface area contributed by atoms with E-state index in [1.165, 1.54) is 103 Å². The first kappa shape index (κ1) is 46.2. The van der Waals surface area contributed by atoms with Gasteiger partial charge in [-0.2, -0.15) is 23.3 Å². The molecule has 0 atom stereocenters. The molecule has 0 fully saturated rings. The molecule has 0 bridgehead atoms. The van der Waals surface area contributed by atoms with Crippen LogP contribution in [0.3, 0.4) is 0 Å². The van der Waals surface area contributed by atoms with Crippen molar-refractivity contribution in [3.63, 3.8) is 0 Å². The van der Waals surface area contributed by atoms with Crippen LogP contribution in [-0.2, 0) is 46.9 Å². The minimum atomic E-state index is 0. The van der Waals surface area contributed by atoms with Gasteiger partial charge in [0.2, 0.25) is 0 Å².